The van der Waals surface area contributed by atoms with Crippen molar-refractivity contribution in [3.8, 4) is 0 Å². The van der Waals surface area contributed by atoms with E-state index in [1.165, 1.54) is 7.11 Å². The standard InChI is InChI=1S/C6H12N2O3/c1-3-5(9)7-4-6(10)8-11-2/h3-4H2,1-2H3,(H,7,9)(H,8,10). The number of hydrogen-bond acceptors (Lipinski definition) is 3. The van der Waals surface area contributed by atoms with E-state index in [2.05, 4.69) is 15.6 Å². The second kappa shape index (κ2) is 5.67. The molecule has 0 heterocycles. The monoisotopic (exact) mass is 160 g/mol. The maximum Gasteiger partial charge on any atom is 0.262 e. The fourth-order valence-corrected chi connectivity index (χ4v) is 0.454. The summed E-state index contributed by atoms with van der Waals surface area (Å²) in [5, 5.41) is 2.39. The van der Waals surface area contributed by atoms with Crippen LogP contribution < -0.4 is 10.8 Å². The first-order valence-electron chi connectivity index (χ1n) is 3.29. The van der Waals surface area contributed by atoms with Crippen LogP contribution in [0.5, 0.6) is 0 Å². The summed E-state index contributed by atoms with van der Waals surface area (Å²) in [5.41, 5.74) is 2.07. The molecule has 2 N–H and O–H groups in total. The summed E-state index contributed by atoms with van der Waals surface area (Å²) in [6, 6.07) is 0. The van der Waals surface area contributed by atoms with Gasteiger partial charge in [0.1, 0.15) is 0 Å². The van der Waals surface area contributed by atoms with Gasteiger partial charge in [0.05, 0.1) is 13.7 Å². The van der Waals surface area contributed by atoms with Crippen LogP contribution >= 0.6 is 0 Å². The molecule has 0 fully saturated rings. The van der Waals surface area contributed by atoms with Crippen LogP contribution in [0, 0.1) is 0 Å². The zero-order valence-electron chi connectivity index (χ0n) is 6.64. The topological polar surface area (TPSA) is 67.4 Å². The molecule has 5 heteroatoms. The lowest BCUT2D eigenvalue weighted by atomic mass is 10.4. The SMILES string of the molecule is CCC(=O)NCC(=O)NOC. The molecule has 0 aromatic carbocycles. The molecule has 0 aromatic rings. The molecule has 0 saturated heterocycles. The second-order valence-corrected chi connectivity index (χ2v) is 1.86. The number of rotatable bonds is 4. The van der Waals surface area contributed by atoms with Crippen molar-refractivity contribution in [2.45, 2.75) is 13.3 Å². The maximum atomic E-state index is 10.6. The minimum Gasteiger partial charge on any atom is -0.347 e. The first-order chi connectivity index (χ1) is 5.20. The molecule has 11 heavy (non-hydrogen) atoms. The van der Waals surface area contributed by atoms with Crippen molar-refractivity contribution in [1.29, 1.82) is 0 Å². The van der Waals surface area contributed by atoms with Gasteiger partial charge >= 0.3 is 0 Å². The number of nitrogens with one attached hydrogen (secondary N) is 2. The molecule has 64 valence electrons. The molecule has 0 aliphatic heterocycles. The summed E-state index contributed by atoms with van der Waals surface area (Å²) in [4.78, 5) is 25.5. The number of carbonyl (C=O) groups excluding carboxylic acids is 2. The van der Waals surface area contributed by atoms with Crippen molar-refractivity contribution in [2.24, 2.45) is 0 Å². The van der Waals surface area contributed by atoms with Crippen LogP contribution in [0.25, 0.3) is 0 Å². The van der Waals surface area contributed by atoms with E-state index in [1.807, 2.05) is 0 Å². The number of amides is 2. The van der Waals surface area contributed by atoms with Crippen LogP contribution in [0.4, 0.5) is 0 Å². The molecule has 0 aromatic heterocycles. The van der Waals surface area contributed by atoms with Crippen molar-refractivity contribution < 1.29 is 14.4 Å². The molecule has 0 aliphatic rings. The van der Waals surface area contributed by atoms with Gasteiger partial charge < -0.3 is 5.32 Å². The maximum absolute atomic E-state index is 10.6. The first-order valence-corrected chi connectivity index (χ1v) is 3.29. The fourth-order valence-electron chi connectivity index (χ4n) is 0.454. The van der Waals surface area contributed by atoms with Gasteiger partial charge in [0, 0.05) is 6.42 Å². The van der Waals surface area contributed by atoms with Gasteiger partial charge in [-0.15, -0.1) is 0 Å². The van der Waals surface area contributed by atoms with Crippen molar-refractivity contribution in [2.75, 3.05) is 13.7 Å². The van der Waals surface area contributed by atoms with Gasteiger partial charge in [0.15, 0.2) is 0 Å². The summed E-state index contributed by atoms with van der Waals surface area (Å²) in [6.07, 6.45) is 0.375. The zero-order chi connectivity index (χ0) is 8.69. The van der Waals surface area contributed by atoms with Crippen LogP contribution in [0.2, 0.25) is 0 Å². The average Bonchev–Trinajstić information content (AvgIpc) is 2.01. The minimum atomic E-state index is -0.366. The van der Waals surface area contributed by atoms with Crippen molar-refractivity contribution in [1.82, 2.24) is 10.8 Å². The number of hydrogen-bond donors (Lipinski definition) is 2. The molecule has 0 spiro atoms. The predicted molar refractivity (Wildman–Crippen MR) is 38.5 cm³/mol. The zero-order valence-corrected chi connectivity index (χ0v) is 6.64. The fraction of sp³-hybridized carbons (Fsp3) is 0.667. The Morgan fingerprint density at radius 1 is 1.36 bits per heavy atom. The molecule has 2 amide bonds. The Labute approximate surface area is 65.1 Å². The lowest BCUT2D eigenvalue weighted by Gasteiger charge is -2.02. The Hall–Kier alpha value is -1.10. The Morgan fingerprint density at radius 2 is 2.00 bits per heavy atom. The molecular formula is C6H12N2O3. The van der Waals surface area contributed by atoms with Crippen LogP contribution in [0.1, 0.15) is 13.3 Å². The molecular weight excluding hydrogens is 148 g/mol. The third kappa shape index (κ3) is 5.35. The van der Waals surface area contributed by atoms with Crippen LogP contribution in [-0.2, 0) is 14.4 Å². The Kier molecular flexibility index (Phi) is 5.10. The molecule has 0 bridgehead atoms. The summed E-state index contributed by atoms with van der Waals surface area (Å²) >= 11 is 0. The van der Waals surface area contributed by atoms with Gasteiger partial charge in [-0.1, -0.05) is 6.92 Å². The van der Waals surface area contributed by atoms with Gasteiger partial charge in [-0.2, -0.15) is 0 Å². The normalized spacial score (nSPS) is 8.91. The highest BCUT2D eigenvalue weighted by Crippen LogP contribution is 1.73. The highest BCUT2D eigenvalue weighted by atomic mass is 16.6. The average molecular weight is 160 g/mol. The van der Waals surface area contributed by atoms with E-state index in [0.29, 0.717) is 6.42 Å². The van der Waals surface area contributed by atoms with Gasteiger partial charge in [-0.3, -0.25) is 14.4 Å². The number of hydroxylamine groups is 1. The summed E-state index contributed by atoms with van der Waals surface area (Å²) in [5.74, 6) is -0.523. The summed E-state index contributed by atoms with van der Waals surface area (Å²) in [6.45, 7) is 1.67. The summed E-state index contributed by atoms with van der Waals surface area (Å²) in [7, 11) is 1.33. The highest BCUT2D eigenvalue weighted by Gasteiger charge is 2.01. The molecule has 5 nitrogen and oxygen atoms in total. The Bertz CT molecular complexity index is 147. The lowest BCUT2D eigenvalue weighted by molar-refractivity contribution is -0.132. The molecule has 0 aliphatic carbocycles. The van der Waals surface area contributed by atoms with E-state index >= 15 is 0 Å². The van der Waals surface area contributed by atoms with Gasteiger partial charge in [0.25, 0.3) is 5.91 Å². The molecule has 0 saturated carbocycles. The van der Waals surface area contributed by atoms with Crippen LogP contribution in [0.15, 0.2) is 0 Å². The molecule has 0 unspecified atom stereocenters. The molecule has 0 radical (unpaired) electrons. The minimum absolute atomic E-state index is 0.0412. The third-order valence-corrected chi connectivity index (χ3v) is 0.983. The quantitative estimate of drug-likeness (QED) is 0.528. The lowest BCUT2D eigenvalue weighted by Crippen LogP contribution is -2.35. The van der Waals surface area contributed by atoms with Gasteiger partial charge in [-0.05, 0) is 0 Å². The smallest absolute Gasteiger partial charge is 0.262 e. The van der Waals surface area contributed by atoms with Gasteiger partial charge in [0.2, 0.25) is 5.91 Å². The highest BCUT2D eigenvalue weighted by molar-refractivity contribution is 5.83. The summed E-state index contributed by atoms with van der Waals surface area (Å²) < 4.78 is 0. The molecule has 0 rings (SSSR count). The van der Waals surface area contributed by atoms with E-state index in [0.717, 1.165) is 0 Å². The van der Waals surface area contributed by atoms with Crippen molar-refractivity contribution in [3.63, 3.8) is 0 Å². The van der Waals surface area contributed by atoms with Crippen molar-refractivity contribution >= 4 is 11.8 Å². The van der Waals surface area contributed by atoms with Crippen LogP contribution in [0.3, 0.4) is 0 Å². The first kappa shape index (κ1) is 9.90. The predicted octanol–water partition coefficient (Wildman–Crippen LogP) is -0.810. The number of carbonyl (C=O) groups is 2. The molecule has 0 atom stereocenters. The third-order valence-electron chi connectivity index (χ3n) is 0.983. The van der Waals surface area contributed by atoms with Crippen LogP contribution in [-0.4, -0.2) is 25.5 Å². The van der Waals surface area contributed by atoms with E-state index in [4.69, 9.17) is 0 Å². The van der Waals surface area contributed by atoms with E-state index in [-0.39, 0.29) is 18.4 Å². The van der Waals surface area contributed by atoms with E-state index < -0.39 is 0 Å². The second-order valence-electron chi connectivity index (χ2n) is 1.86. The van der Waals surface area contributed by atoms with Crippen molar-refractivity contribution in [3.05, 3.63) is 0 Å². The Balaban J connectivity index is 3.38. The Morgan fingerprint density at radius 3 is 2.45 bits per heavy atom. The largest absolute Gasteiger partial charge is 0.347 e. The van der Waals surface area contributed by atoms with E-state index in [1.54, 1.807) is 6.92 Å². The van der Waals surface area contributed by atoms with E-state index in [9.17, 15) is 9.59 Å². The van der Waals surface area contributed by atoms with Gasteiger partial charge in [-0.25, -0.2) is 5.48 Å².